The average Bonchev–Trinajstić information content (AvgIpc) is 2.27. The minimum atomic E-state index is -0.842. The number of likely N-dealkylation sites (tertiary alicyclic amines) is 1. The Labute approximate surface area is 114 Å². The smallest absolute Gasteiger partial charge is 0.407 e. The predicted octanol–water partition coefficient (Wildman–Crippen LogP) is 2.29. The zero-order valence-corrected chi connectivity index (χ0v) is 11.9. The Morgan fingerprint density at radius 1 is 1.32 bits per heavy atom. The fourth-order valence-electron chi connectivity index (χ4n) is 2.11. The zero-order valence-electron chi connectivity index (χ0n) is 11.9. The molecule has 110 valence electrons. The van der Waals surface area contributed by atoms with E-state index in [1.165, 1.54) is 4.90 Å². The van der Waals surface area contributed by atoms with Crippen molar-refractivity contribution in [3.8, 4) is 0 Å². The summed E-state index contributed by atoms with van der Waals surface area (Å²) in [6.07, 6.45) is 1.36. The van der Waals surface area contributed by atoms with E-state index in [4.69, 9.17) is 9.84 Å². The number of ether oxygens (including phenoxy) is 1. The quantitative estimate of drug-likeness (QED) is 0.826. The third-order valence-electron chi connectivity index (χ3n) is 3.11. The third-order valence-corrected chi connectivity index (χ3v) is 3.11. The first-order valence-corrected chi connectivity index (χ1v) is 6.72. The lowest BCUT2D eigenvalue weighted by atomic mass is 9.94. The number of carbonyl (C=O) groups excluding carboxylic acids is 1. The number of hydrogen-bond acceptors (Lipinski definition) is 3. The molecule has 0 unspecified atom stereocenters. The largest absolute Gasteiger partial charge is 0.465 e. The lowest BCUT2D eigenvalue weighted by Crippen LogP contribution is -2.38. The van der Waals surface area contributed by atoms with Crippen LogP contribution in [0, 0.1) is 5.92 Å². The molecule has 1 saturated heterocycles. The van der Waals surface area contributed by atoms with E-state index in [0.29, 0.717) is 25.6 Å². The first kappa shape index (κ1) is 15.6. The molecular formula is C13H24N2O4. The Morgan fingerprint density at radius 2 is 1.89 bits per heavy atom. The first-order chi connectivity index (χ1) is 8.78. The van der Waals surface area contributed by atoms with E-state index >= 15 is 0 Å². The van der Waals surface area contributed by atoms with Gasteiger partial charge in [0.2, 0.25) is 0 Å². The minimum absolute atomic E-state index is 0.393. The van der Waals surface area contributed by atoms with E-state index in [1.54, 1.807) is 0 Å². The highest BCUT2D eigenvalue weighted by atomic mass is 16.6. The van der Waals surface area contributed by atoms with Crippen LogP contribution in [0.15, 0.2) is 0 Å². The molecule has 0 saturated carbocycles. The number of nitrogens with zero attached hydrogens (tertiary/aromatic N) is 1. The van der Waals surface area contributed by atoms with E-state index in [-0.39, 0.29) is 0 Å². The molecule has 0 atom stereocenters. The van der Waals surface area contributed by atoms with Gasteiger partial charge in [0.15, 0.2) is 0 Å². The van der Waals surface area contributed by atoms with Gasteiger partial charge in [0.25, 0.3) is 0 Å². The maximum absolute atomic E-state index is 11.4. The normalized spacial score (nSPS) is 17.1. The fourth-order valence-corrected chi connectivity index (χ4v) is 2.11. The van der Waals surface area contributed by atoms with Crippen LogP contribution in [-0.2, 0) is 4.74 Å². The Kier molecular flexibility index (Phi) is 5.44. The molecule has 0 spiro atoms. The molecule has 1 aliphatic rings. The van der Waals surface area contributed by atoms with Crippen LogP contribution in [0.25, 0.3) is 0 Å². The predicted molar refractivity (Wildman–Crippen MR) is 71.2 cm³/mol. The second-order valence-electron chi connectivity index (χ2n) is 5.93. The van der Waals surface area contributed by atoms with E-state index in [9.17, 15) is 9.59 Å². The summed E-state index contributed by atoms with van der Waals surface area (Å²) in [7, 11) is 0. The van der Waals surface area contributed by atoms with Crippen LogP contribution < -0.4 is 5.32 Å². The number of amides is 2. The van der Waals surface area contributed by atoms with Crippen molar-refractivity contribution in [2.45, 2.75) is 45.6 Å². The Morgan fingerprint density at radius 3 is 2.37 bits per heavy atom. The van der Waals surface area contributed by atoms with Gasteiger partial charge in [0, 0.05) is 19.6 Å². The van der Waals surface area contributed by atoms with Crippen molar-refractivity contribution in [2.75, 3.05) is 19.6 Å². The number of hydrogen-bond donors (Lipinski definition) is 2. The number of carbonyl (C=O) groups is 2. The van der Waals surface area contributed by atoms with Crippen LogP contribution >= 0.6 is 0 Å². The van der Waals surface area contributed by atoms with Crippen LogP contribution in [0.4, 0.5) is 9.59 Å². The summed E-state index contributed by atoms with van der Waals surface area (Å²) in [6.45, 7) is 7.24. The lowest BCUT2D eigenvalue weighted by molar-refractivity contribution is 0.0523. The zero-order chi connectivity index (χ0) is 14.5. The van der Waals surface area contributed by atoms with Gasteiger partial charge in [-0.2, -0.15) is 0 Å². The van der Waals surface area contributed by atoms with Crippen LogP contribution in [-0.4, -0.2) is 47.4 Å². The van der Waals surface area contributed by atoms with Crippen LogP contribution in [0.5, 0.6) is 0 Å². The maximum Gasteiger partial charge on any atom is 0.407 e. The number of piperidine rings is 1. The highest BCUT2D eigenvalue weighted by Crippen LogP contribution is 2.19. The molecule has 6 nitrogen and oxygen atoms in total. The molecule has 19 heavy (non-hydrogen) atoms. The van der Waals surface area contributed by atoms with Crippen molar-refractivity contribution in [3.63, 3.8) is 0 Å². The van der Waals surface area contributed by atoms with Gasteiger partial charge in [0.1, 0.15) is 5.60 Å². The summed E-state index contributed by atoms with van der Waals surface area (Å²) >= 11 is 0. The summed E-state index contributed by atoms with van der Waals surface area (Å²) in [4.78, 5) is 23.6. The number of alkyl carbamates (subject to hydrolysis) is 1. The van der Waals surface area contributed by atoms with Crippen molar-refractivity contribution in [2.24, 2.45) is 5.92 Å². The highest BCUT2D eigenvalue weighted by Gasteiger charge is 2.22. The van der Waals surface area contributed by atoms with Gasteiger partial charge in [-0.25, -0.2) is 9.59 Å². The second-order valence-corrected chi connectivity index (χ2v) is 5.93. The molecule has 1 fully saturated rings. The number of rotatable bonds is 3. The number of carboxylic acid groups (broad SMARTS) is 1. The van der Waals surface area contributed by atoms with E-state index in [2.05, 4.69) is 5.32 Å². The van der Waals surface area contributed by atoms with E-state index < -0.39 is 17.8 Å². The molecule has 6 heteroatoms. The van der Waals surface area contributed by atoms with Crippen molar-refractivity contribution in [3.05, 3.63) is 0 Å². The molecular weight excluding hydrogens is 248 g/mol. The Balaban J connectivity index is 2.14. The molecule has 0 aromatic heterocycles. The van der Waals surface area contributed by atoms with Crippen LogP contribution in [0.1, 0.15) is 40.0 Å². The molecule has 0 aliphatic carbocycles. The molecule has 0 radical (unpaired) electrons. The van der Waals surface area contributed by atoms with Gasteiger partial charge in [-0.15, -0.1) is 0 Å². The van der Waals surface area contributed by atoms with Gasteiger partial charge < -0.3 is 20.1 Å². The van der Waals surface area contributed by atoms with Crippen LogP contribution in [0.2, 0.25) is 0 Å². The fraction of sp³-hybridized carbons (Fsp3) is 0.846. The summed E-state index contributed by atoms with van der Waals surface area (Å²) in [5.41, 5.74) is -0.475. The van der Waals surface area contributed by atoms with Crippen molar-refractivity contribution in [1.82, 2.24) is 10.2 Å². The maximum atomic E-state index is 11.4. The monoisotopic (exact) mass is 272 g/mol. The number of nitrogens with one attached hydrogen (secondary N) is 1. The average molecular weight is 272 g/mol. The SMILES string of the molecule is CC(C)(C)OC(=O)NCCC1CCN(C(=O)O)CC1. The summed E-state index contributed by atoms with van der Waals surface area (Å²) in [5.74, 6) is 0.477. The summed E-state index contributed by atoms with van der Waals surface area (Å²) in [6, 6.07) is 0. The summed E-state index contributed by atoms with van der Waals surface area (Å²) < 4.78 is 5.14. The molecule has 1 aliphatic heterocycles. The molecule has 2 amide bonds. The van der Waals surface area contributed by atoms with Gasteiger partial charge in [-0.3, -0.25) is 0 Å². The Bertz CT molecular complexity index is 317. The molecule has 2 N–H and O–H groups in total. The summed E-state index contributed by atoms with van der Waals surface area (Å²) in [5, 5.41) is 11.6. The van der Waals surface area contributed by atoms with Gasteiger partial charge in [0.05, 0.1) is 0 Å². The second kappa shape index (κ2) is 6.63. The van der Waals surface area contributed by atoms with Crippen molar-refractivity contribution in [1.29, 1.82) is 0 Å². The Hall–Kier alpha value is -1.46. The molecule has 1 heterocycles. The molecule has 0 bridgehead atoms. The topological polar surface area (TPSA) is 78.9 Å². The van der Waals surface area contributed by atoms with Crippen molar-refractivity contribution < 1.29 is 19.4 Å². The molecule has 0 aromatic carbocycles. The van der Waals surface area contributed by atoms with Gasteiger partial charge in [-0.1, -0.05) is 0 Å². The van der Waals surface area contributed by atoms with Crippen molar-refractivity contribution >= 4 is 12.2 Å². The van der Waals surface area contributed by atoms with Crippen LogP contribution in [0.3, 0.4) is 0 Å². The van der Waals surface area contributed by atoms with E-state index in [1.807, 2.05) is 20.8 Å². The standard InChI is InChI=1S/C13H24N2O4/c1-13(2,3)19-11(16)14-7-4-10-5-8-15(9-6-10)12(17)18/h10H,4-9H2,1-3H3,(H,14,16)(H,17,18). The van der Waals surface area contributed by atoms with E-state index in [0.717, 1.165) is 19.3 Å². The molecule has 0 aromatic rings. The minimum Gasteiger partial charge on any atom is -0.465 e. The van der Waals surface area contributed by atoms with Gasteiger partial charge in [-0.05, 0) is 46.0 Å². The lowest BCUT2D eigenvalue weighted by Gasteiger charge is -2.30. The van der Waals surface area contributed by atoms with Gasteiger partial charge >= 0.3 is 12.2 Å². The molecule has 1 rings (SSSR count). The third kappa shape index (κ3) is 6.31. The highest BCUT2D eigenvalue weighted by molar-refractivity contribution is 5.67. The first-order valence-electron chi connectivity index (χ1n) is 6.72.